The van der Waals surface area contributed by atoms with E-state index in [1.807, 2.05) is 30.3 Å². The molecular weight excluding hydrogens is 368 g/mol. The predicted octanol–water partition coefficient (Wildman–Crippen LogP) is 2.62. The number of aryl methyl sites for hydroxylation is 1. The molecule has 27 heavy (non-hydrogen) atoms. The highest BCUT2D eigenvalue weighted by atomic mass is 35.5. The van der Waals surface area contributed by atoms with Crippen molar-refractivity contribution in [1.82, 2.24) is 15.2 Å². The third-order valence-electron chi connectivity index (χ3n) is 4.44. The monoisotopic (exact) mass is 386 g/mol. The first-order valence-electron chi connectivity index (χ1n) is 8.47. The molecule has 1 aliphatic heterocycles. The van der Waals surface area contributed by atoms with Crippen LogP contribution in [0.4, 0.5) is 10.5 Å². The molecule has 1 saturated heterocycles. The lowest BCUT2D eigenvalue weighted by Crippen LogP contribution is -2.45. The first kappa shape index (κ1) is 18.8. The number of urea groups is 1. The van der Waals surface area contributed by atoms with Gasteiger partial charge in [-0.3, -0.25) is 14.5 Å². The smallest absolute Gasteiger partial charge is 0.323 e. The van der Waals surface area contributed by atoms with Crippen molar-refractivity contribution in [3.05, 3.63) is 59.4 Å². The molecule has 2 aromatic rings. The van der Waals surface area contributed by atoms with Gasteiger partial charge in [-0.1, -0.05) is 41.9 Å². The maximum Gasteiger partial charge on any atom is 0.325 e. The van der Waals surface area contributed by atoms with E-state index in [1.54, 1.807) is 19.1 Å². The lowest BCUT2D eigenvalue weighted by Gasteiger charge is -2.21. The summed E-state index contributed by atoms with van der Waals surface area (Å²) in [4.78, 5) is 42.0. The van der Waals surface area contributed by atoms with Crippen LogP contribution in [-0.4, -0.2) is 39.8 Å². The van der Waals surface area contributed by atoms with Gasteiger partial charge in [-0.05, 0) is 37.5 Å². The summed E-state index contributed by atoms with van der Waals surface area (Å²) in [5, 5.41) is 5.39. The van der Waals surface area contributed by atoms with E-state index in [0.717, 1.165) is 10.5 Å². The molecule has 1 atom stereocenters. The lowest BCUT2D eigenvalue weighted by molar-refractivity contribution is -0.133. The Morgan fingerprint density at radius 3 is 2.67 bits per heavy atom. The zero-order chi connectivity index (χ0) is 19.4. The van der Waals surface area contributed by atoms with Crippen molar-refractivity contribution in [1.29, 1.82) is 0 Å². The summed E-state index contributed by atoms with van der Waals surface area (Å²) in [5.41, 5.74) is 0.352. The normalized spacial score (nSPS) is 19.1. The zero-order valence-corrected chi connectivity index (χ0v) is 15.5. The Hall–Kier alpha value is -2.93. The summed E-state index contributed by atoms with van der Waals surface area (Å²) in [7, 11) is 0. The summed E-state index contributed by atoms with van der Waals surface area (Å²) in [6, 6.07) is 12.3. The number of carbonyl (C=O) groups is 3. The van der Waals surface area contributed by atoms with Crippen LogP contribution < -0.4 is 10.6 Å². The number of hydrogen-bond donors (Lipinski definition) is 2. The second kappa shape index (κ2) is 7.75. The predicted molar refractivity (Wildman–Crippen MR) is 101 cm³/mol. The topological polar surface area (TPSA) is 91.4 Å². The molecule has 1 fully saturated rings. The van der Waals surface area contributed by atoms with Gasteiger partial charge in [0.1, 0.15) is 12.1 Å². The number of aromatic nitrogens is 1. The molecule has 1 aliphatic rings. The van der Waals surface area contributed by atoms with Crippen LogP contribution in [0.2, 0.25) is 5.15 Å². The Balaban J connectivity index is 1.63. The number of benzene rings is 1. The molecular formula is C19H19ClN4O3. The average molecular weight is 387 g/mol. The van der Waals surface area contributed by atoms with Crippen LogP contribution in [0, 0.1) is 0 Å². The van der Waals surface area contributed by atoms with E-state index in [2.05, 4.69) is 15.6 Å². The van der Waals surface area contributed by atoms with Crippen LogP contribution in [0.1, 0.15) is 18.9 Å². The molecule has 0 radical (unpaired) electrons. The minimum atomic E-state index is -1.04. The van der Waals surface area contributed by atoms with Gasteiger partial charge in [0.25, 0.3) is 5.91 Å². The van der Waals surface area contributed by atoms with Crippen molar-refractivity contribution < 1.29 is 14.4 Å². The number of halogens is 1. The first-order valence-corrected chi connectivity index (χ1v) is 8.85. The SMILES string of the molecule is C[C@@]1(CCc2ccccc2)NC(=O)N(CC(=O)Nc2cccnc2Cl)C1=O. The molecule has 1 aromatic heterocycles. The third kappa shape index (κ3) is 4.25. The van der Waals surface area contributed by atoms with Gasteiger partial charge in [0.15, 0.2) is 5.15 Å². The maximum atomic E-state index is 12.7. The molecule has 8 heteroatoms. The number of nitrogens with one attached hydrogen (secondary N) is 2. The molecule has 0 saturated carbocycles. The van der Waals surface area contributed by atoms with Crippen molar-refractivity contribution in [2.45, 2.75) is 25.3 Å². The minimum absolute atomic E-state index is 0.135. The molecule has 0 aliphatic carbocycles. The summed E-state index contributed by atoms with van der Waals surface area (Å²) in [6.45, 7) is 1.28. The summed E-state index contributed by atoms with van der Waals surface area (Å²) in [6.07, 6.45) is 2.57. The molecule has 4 amide bonds. The van der Waals surface area contributed by atoms with Gasteiger partial charge in [0, 0.05) is 6.20 Å². The molecule has 2 heterocycles. The molecule has 7 nitrogen and oxygen atoms in total. The Bertz CT molecular complexity index is 874. The molecule has 3 rings (SSSR count). The average Bonchev–Trinajstić information content (AvgIpc) is 2.86. The van der Waals surface area contributed by atoms with Gasteiger partial charge in [-0.25, -0.2) is 9.78 Å². The minimum Gasteiger partial charge on any atom is -0.323 e. The number of rotatable bonds is 6. The molecule has 0 spiro atoms. The molecule has 2 N–H and O–H groups in total. The quantitative estimate of drug-likeness (QED) is 0.589. The lowest BCUT2D eigenvalue weighted by atomic mass is 9.93. The van der Waals surface area contributed by atoms with Gasteiger partial charge in [-0.15, -0.1) is 0 Å². The summed E-state index contributed by atoms with van der Waals surface area (Å²) in [5.74, 6) is -0.948. The fourth-order valence-corrected chi connectivity index (χ4v) is 3.08. The van der Waals surface area contributed by atoms with Crippen molar-refractivity contribution in [3.8, 4) is 0 Å². The number of carbonyl (C=O) groups excluding carboxylic acids is 3. The van der Waals surface area contributed by atoms with Crippen molar-refractivity contribution >= 4 is 35.1 Å². The van der Waals surface area contributed by atoms with Crippen LogP contribution in [0.25, 0.3) is 0 Å². The van der Waals surface area contributed by atoms with E-state index in [1.165, 1.54) is 6.20 Å². The van der Waals surface area contributed by atoms with E-state index in [9.17, 15) is 14.4 Å². The number of amides is 4. The highest BCUT2D eigenvalue weighted by molar-refractivity contribution is 6.32. The number of hydrogen-bond acceptors (Lipinski definition) is 4. The fourth-order valence-electron chi connectivity index (χ4n) is 2.91. The largest absolute Gasteiger partial charge is 0.325 e. The highest BCUT2D eigenvalue weighted by Crippen LogP contribution is 2.24. The van der Waals surface area contributed by atoms with E-state index in [-0.39, 0.29) is 5.15 Å². The third-order valence-corrected chi connectivity index (χ3v) is 4.74. The molecule has 0 bridgehead atoms. The second-order valence-electron chi connectivity index (χ2n) is 6.53. The van der Waals surface area contributed by atoms with Crippen LogP contribution in [-0.2, 0) is 16.0 Å². The van der Waals surface area contributed by atoms with Gasteiger partial charge in [0.05, 0.1) is 5.69 Å². The van der Waals surface area contributed by atoms with Crippen LogP contribution in [0.3, 0.4) is 0 Å². The zero-order valence-electron chi connectivity index (χ0n) is 14.7. The van der Waals surface area contributed by atoms with E-state index < -0.39 is 29.9 Å². The van der Waals surface area contributed by atoms with Crippen molar-refractivity contribution in [2.75, 3.05) is 11.9 Å². The van der Waals surface area contributed by atoms with Gasteiger partial charge in [-0.2, -0.15) is 0 Å². The van der Waals surface area contributed by atoms with E-state index in [4.69, 9.17) is 11.6 Å². The van der Waals surface area contributed by atoms with Crippen molar-refractivity contribution in [3.63, 3.8) is 0 Å². The summed E-state index contributed by atoms with van der Waals surface area (Å²) >= 11 is 5.90. The van der Waals surface area contributed by atoms with E-state index >= 15 is 0 Å². The Labute approximate surface area is 161 Å². The number of anilines is 1. The van der Waals surface area contributed by atoms with Crippen LogP contribution >= 0.6 is 11.6 Å². The Morgan fingerprint density at radius 1 is 1.22 bits per heavy atom. The van der Waals surface area contributed by atoms with Crippen LogP contribution in [0.15, 0.2) is 48.7 Å². The maximum absolute atomic E-state index is 12.7. The number of pyridine rings is 1. The molecule has 0 unspecified atom stereocenters. The van der Waals surface area contributed by atoms with Gasteiger partial charge < -0.3 is 10.6 Å². The Morgan fingerprint density at radius 2 is 1.96 bits per heavy atom. The van der Waals surface area contributed by atoms with Crippen LogP contribution in [0.5, 0.6) is 0 Å². The molecule has 1 aromatic carbocycles. The van der Waals surface area contributed by atoms with Crippen molar-refractivity contribution in [2.24, 2.45) is 0 Å². The first-order chi connectivity index (χ1) is 12.9. The standard InChI is InChI=1S/C19H19ClN4O3/c1-19(10-9-13-6-3-2-4-7-13)17(26)24(18(27)23-19)12-15(25)22-14-8-5-11-21-16(14)20/h2-8,11H,9-10,12H2,1H3,(H,22,25)(H,23,27)/t19-/m0/s1. The number of nitrogens with zero attached hydrogens (tertiary/aromatic N) is 2. The molecule has 140 valence electrons. The number of imide groups is 1. The second-order valence-corrected chi connectivity index (χ2v) is 6.89. The van der Waals surface area contributed by atoms with Gasteiger partial charge in [0.2, 0.25) is 5.91 Å². The van der Waals surface area contributed by atoms with E-state index in [0.29, 0.717) is 18.5 Å². The summed E-state index contributed by atoms with van der Waals surface area (Å²) < 4.78 is 0. The highest BCUT2D eigenvalue weighted by Gasteiger charge is 2.47. The van der Waals surface area contributed by atoms with Gasteiger partial charge >= 0.3 is 6.03 Å². The fraction of sp³-hybridized carbons (Fsp3) is 0.263. The Kier molecular flexibility index (Phi) is 5.41.